The average Bonchev–Trinajstić information content (AvgIpc) is 2.10. The molecule has 0 aromatic carbocycles. The van der Waals surface area contributed by atoms with Gasteiger partial charge in [0, 0.05) is 11.4 Å². The summed E-state index contributed by atoms with van der Waals surface area (Å²) in [5, 5.41) is 0. The Morgan fingerprint density at radius 1 is 1.43 bits per heavy atom. The molecule has 0 saturated heterocycles. The molecule has 0 rings (SSSR count). The maximum atomic E-state index is 13.0. The predicted octanol–water partition coefficient (Wildman–Crippen LogP) is 2.94. The molecule has 0 aliphatic heterocycles. The Bertz CT molecular complexity index is 282. The van der Waals surface area contributed by atoms with Crippen molar-refractivity contribution in [1.29, 1.82) is 0 Å². The minimum Gasteiger partial charge on any atom is -0.402 e. The number of rotatable bonds is 4. The van der Waals surface area contributed by atoms with Gasteiger partial charge in [-0.25, -0.2) is 4.39 Å². The second kappa shape index (κ2) is 6.13. The van der Waals surface area contributed by atoms with E-state index in [4.69, 9.17) is 5.73 Å². The van der Waals surface area contributed by atoms with Crippen LogP contribution in [0.15, 0.2) is 40.9 Å². The summed E-state index contributed by atoms with van der Waals surface area (Å²) in [6.45, 7) is 9.28. The number of allylic oxidation sites excluding steroid dienone is 5. The maximum absolute atomic E-state index is 13.0. The summed E-state index contributed by atoms with van der Waals surface area (Å²) >= 11 is 0. The molecule has 78 valence electrons. The first-order chi connectivity index (χ1) is 6.43. The number of hydrogen-bond acceptors (Lipinski definition) is 2. The molecular formula is C11H17FN2. The third-order valence-electron chi connectivity index (χ3n) is 1.53. The Kier molecular flexibility index (Phi) is 5.53. The van der Waals surface area contributed by atoms with Crippen molar-refractivity contribution in [3.63, 3.8) is 0 Å². The van der Waals surface area contributed by atoms with Gasteiger partial charge >= 0.3 is 0 Å². The second-order valence-electron chi connectivity index (χ2n) is 3.37. The predicted molar refractivity (Wildman–Crippen MR) is 59.6 cm³/mol. The quantitative estimate of drug-likeness (QED) is 0.545. The first kappa shape index (κ1) is 12.6. The first-order valence-corrected chi connectivity index (χ1v) is 4.46. The molecule has 2 N–H and O–H groups in total. The second-order valence-corrected chi connectivity index (χ2v) is 3.37. The molecule has 0 amide bonds. The van der Waals surface area contributed by atoms with Gasteiger partial charge in [-0.3, -0.25) is 4.99 Å². The molecule has 2 nitrogen and oxygen atoms in total. The lowest BCUT2D eigenvalue weighted by Crippen LogP contribution is -1.90. The lowest BCUT2D eigenvalue weighted by Gasteiger charge is -2.00. The van der Waals surface area contributed by atoms with E-state index in [1.165, 1.54) is 12.2 Å². The molecule has 0 atom stereocenters. The van der Waals surface area contributed by atoms with Crippen LogP contribution in [0.3, 0.4) is 0 Å². The van der Waals surface area contributed by atoms with Gasteiger partial charge in [0.05, 0.1) is 6.21 Å². The summed E-state index contributed by atoms with van der Waals surface area (Å²) < 4.78 is 13.0. The average molecular weight is 196 g/mol. The molecule has 3 heteroatoms. The highest BCUT2D eigenvalue weighted by Gasteiger charge is 1.95. The van der Waals surface area contributed by atoms with Crippen molar-refractivity contribution in [2.75, 3.05) is 0 Å². The van der Waals surface area contributed by atoms with E-state index in [1.54, 1.807) is 6.92 Å². The fourth-order valence-electron chi connectivity index (χ4n) is 0.548. The molecule has 0 fully saturated rings. The van der Waals surface area contributed by atoms with E-state index in [-0.39, 0.29) is 5.92 Å². The van der Waals surface area contributed by atoms with Gasteiger partial charge in [0.15, 0.2) is 0 Å². The number of nitrogens with zero attached hydrogens (tertiary/aromatic N) is 1. The monoisotopic (exact) mass is 196 g/mol. The normalized spacial score (nSPS) is 14.1. The lowest BCUT2D eigenvalue weighted by atomic mass is 10.2. The lowest BCUT2D eigenvalue weighted by molar-refractivity contribution is 0.684. The molecule has 14 heavy (non-hydrogen) atoms. The smallest absolute Gasteiger partial charge is 0.141 e. The van der Waals surface area contributed by atoms with Crippen molar-refractivity contribution in [2.24, 2.45) is 16.6 Å². The fourth-order valence-corrected chi connectivity index (χ4v) is 0.548. The van der Waals surface area contributed by atoms with E-state index in [9.17, 15) is 4.39 Å². The Balaban J connectivity index is 4.32. The Labute approximate surface area is 84.7 Å². The van der Waals surface area contributed by atoms with E-state index < -0.39 is 5.83 Å². The molecule has 0 heterocycles. The molecule has 0 bridgehead atoms. The fraction of sp³-hybridized carbons (Fsp3) is 0.364. The van der Waals surface area contributed by atoms with Crippen molar-refractivity contribution in [3.05, 3.63) is 36.0 Å². The van der Waals surface area contributed by atoms with Crippen LogP contribution in [-0.2, 0) is 0 Å². The minimum atomic E-state index is -0.434. The molecule has 0 aliphatic rings. The number of hydrogen-bond donors (Lipinski definition) is 1. The van der Waals surface area contributed by atoms with E-state index in [0.717, 1.165) is 6.21 Å². The van der Waals surface area contributed by atoms with Gasteiger partial charge in [0.2, 0.25) is 0 Å². The van der Waals surface area contributed by atoms with Crippen LogP contribution in [-0.4, -0.2) is 6.21 Å². The summed E-state index contributed by atoms with van der Waals surface area (Å²) in [6, 6.07) is 0. The molecule has 0 aromatic rings. The topological polar surface area (TPSA) is 38.4 Å². The van der Waals surface area contributed by atoms with Gasteiger partial charge in [-0.05, 0) is 25.0 Å². The van der Waals surface area contributed by atoms with Crippen LogP contribution in [0, 0.1) is 5.92 Å². The van der Waals surface area contributed by atoms with Crippen molar-refractivity contribution >= 4 is 6.21 Å². The molecule has 0 unspecified atom stereocenters. The van der Waals surface area contributed by atoms with Gasteiger partial charge in [-0.15, -0.1) is 0 Å². The molecule has 0 saturated carbocycles. The molecule has 0 radical (unpaired) electrons. The maximum Gasteiger partial charge on any atom is 0.141 e. The van der Waals surface area contributed by atoms with Gasteiger partial charge in [-0.2, -0.15) is 0 Å². The zero-order chi connectivity index (χ0) is 11.1. The zero-order valence-corrected chi connectivity index (χ0v) is 8.92. The van der Waals surface area contributed by atoms with Gasteiger partial charge in [-0.1, -0.05) is 20.4 Å². The molecule has 0 aromatic heterocycles. The van der Waals surface area contributed by atoms with Crippen LogP contribution < -0.4 is 5.73 Å². The van der Waals surface area contributed by atoms with Crippen molar-refractivity contribution < 1.29 is 4.39 Å². The third kappa shape index (κ3) is 6.17. The number of nitrogens with two attached hydrogens (primary N) is 1. The molecular weight excluding hydrogens is 179 g/mol. The van der Waals surface area contributed by atoms with E-state index in [0.29, 0.717) is 11.4 Å². The summed E-state index contributed by atoms with van der Waals surface area (Å²) in [7, 11) is 0. The Morgan fingerprint density at radius 3 is 2.43 bits per heavy atom. The van der Waals surface area contributed by atoms with E-state index in [2.05, 4.69) is 11.6 Å². The highest BCUT2D eigenvalue weighted by Crippen LogP contribution is 2.07. The summed E-state index contributed by atoms with van der Waals surface area (Å²) in [6.07, 6.45) is 3.90. The van der Waals surface area contributed by atoms with Gasteiger partial charge < -0.3 is 5.73 Å². The van der Waals surface area contributed by atoms with Crippen LogP contribution in [0.4, 0.5) is 4.39 Å². The standard InChI is InChI=1S/C11H17FN2/c1-8(2)10(4)14-7-11(12)6-5-9(3)13/h5-8H,4,13H2,1-3H3. The van der Waals surface area contributed by atoms with Crippen LogP contribution in [0.5, 0.6) is 0 Å². The zero-order valence-electron chi connectivity index (χ0n) is 8.92. The first-order valence-electron chi connectivity index (χ1n) is 4.46. The third-order valence-corrected chi connectivity index (χ3v) is 1.53. The number of halogens is 1. The van der Waals surface area contributed by atoms with Crippen molar-refractivity contribution in [2.45, 2.75) is 20.8 Å². The largest absolute Gasteiger partial charge is 0.402 e. The highest BCUT2D eigenvalue weighted by atomic mass is 19.1. The Hall–Kier alpha value is -1.38. The van der Waals surface area contributed by atoms with Crippen LogP contribution in [0.2, 0.25) is 0 Å². The Morgan fingerprint density at radius 2 is 2.00 bits per heavy atom. The summed E-state index contributed by atoms with van der Waals surface area (Å²) in [4.78, 5) is 3.87. The summed E-state index contributed by atoms with van der Waals surface area (Å²) in [5.41, 5.74) is 6.54. The van der Waals surface area contributed by atoms with Gasteiger partial charge in [0.1, 0.15) is 5.83 Å². The van der Waals surface area contributed by atoms with Crippen LogP contribution >= 0.6 is 0 Å². The van der Waals surface area contributed by atoms with Crippen molar-refractivity contribution in [1.82, 2.24) is 0 Å². The SMILES string of the molecule is C=C(N=CC(F)=CC=C(C)N)C(C)C. The van der Waals surface area contributed by atoms with Crippen LogP contribution in [0.1, 0.15) is 20.8 Å². The van der Waals surface area contributed by atoms with Crippen LogP contribution in [0.25, 0.3) is 0 Å². The highest BCUT2D eigenvalue weighted by molar-refractivity contribution is 5.76. The van der Waals surface area contributed by atoms with E-state index >= 15 is 0 Å². The number of aliphatic imine (C=N–C) groups is 1. The molecule has 0 spiro atoms. The van der Waals surface area contributed by atoms with E-state index in [1.807, 2.05) is 13.8 Å². The van der Waals surface area contributed by atoms with Crippen molar-refractivity contribution in [3.8, 4) is 0 Å². The van der Waals surface area contributed by atoms with Gasteiger partial charge in [0.25, 0.3) is 0 Å². The minimum absolute atomic E-state index is 0.228. The molecule has 0 aliphatic carbocycles. The summed E-state index contributed by atoms with van der Waals surface area (Å²) in [5.74, 6) is -0.206.